The van der Waals surface area contributed by atoms with Crippen molar-refractivity contribution in [1.29, 1.82) is 0 Å². The normalized spacial score (nSPS) is 25.4. The number of hydrogen-bond donors (Lipinski definition) is 2. The number of nitrogens with zero attached hydrogens (tertiary/aromatic N) is 2. The highest BCUT2D eigenvalue weighted by Crippen LogP contribution is 2.48. The Kier molecular flexibility index (Phi) is 2.62. The van der Waals surface area contributed by atoms with Gasteiger partial charge in [0, 0.05) is 19.5 Å². The van der Waals surface area contributed by atoms with E-state index in [0.29, 0.717) is 17.9 Å². The maximum Gasteiger partial charge on any atom is 0.163 e. The second kappa shape index (κ2) is 4.08. The van der Waals surface area contributed by atoms with Crippen LogP contribution in [-0.4, -0.2) is 22.0 Å². The molecule has 2 unspecified atom stereocenters. The highest BCUT2D eigenvalue weighted by atomic mass is 16.5. The van der Waals surface area contributed by atoms with Crippen LogP contribution in [0.3, 0.4) is 0 Å². The van der Waals surface area contributed by atoms with E-state index in [-0.39, 0.29) is 6.04 Å². The Bertz CT molecular complexity index is 623. The number of fused-ring (bicyclic) bond motifs is 1. The number of aliphatic hydroxyl groups is 1. The summed E-state index contributed by atoms with van der Waals surface area (Å²) in [4.78, 5) is 0. The summed E-state index contributed by atoms with van der Waals surface area (Å²) >= 11 is 0. The first-order valence-electron chi connectivity index (χ1n) is 6.21. The highest BCUT2D eigenvalue weighted by molar-refractivity contribution is 5.48. The second-order valence-electron chi connectivity index (χ2n) is 4.94. The molecule has 1 aromatic carbocycles. The van der Waals surface area contributed by atoms with Gasteiger partial charge in [-0.15, -0.1) is 0 Å². The molecular weight excluding hydrogens is 242 g/mol. The van der Waals surface area contributed by atoms with Gasteiger partial charge in [0.05, 0.1) is 13.3 Å². The Hall–Kier alpha value is -1.85. The van der Waals surface area contributed by atoms with Gasteiger partial charge in [0.15, 0.2) is 5.75 Å². The van der Waals surface area contributed by atoms with E-state index < -0.39 is 5.60 Å². The van der Waals surface area contributed by atoms with Crippen LogP contribution >= 0.6 is 0 Å². The average molecular weight is 259 g/mol. The first-order valence-corrected chi connectivity index (χ1v) is 6.21. The van der Waals surface area contributed by atoms with E-state index in [4.69, 9.17) is 10.5 Å². The Balaban J connectivity index is 2.23. The van der Waals surface area contributed by atoms with Crippen LogP contribution in [0, 0.1) is 0 Å². The number of benzene rings is 1. The fourth-order valence-corrected chi connectivity index (χ4v) is 3.00. The molecule has 0 bridgehead atoms. The molecule has 3 N–H and O–H groups in total. The smallest absolute Gasteiger partial charge is 0.163 e. The summed E-state index contributed by atoms with van der Waals surface area (Å²) < 4.78 is 6.96. The monoisotopic (exact) mass is 259 g/mol. The van der Waals surface area contributed by atoms with Gasteiger partial charge in [-0.3, -0.25) is 4.68 Å². The molecule has 1 aliphatic carbocycles. The van der Waals surface area contributed by atoms with Crippen molar-refractivity contribution in [2.24, 2.45) is 12.8 Å². The fraction of sp³-hybridized carbons (Fsp3) is 0.357. The van der Waals surface area contributed by atoms with Gasteiger partial charge in [0.25, 0.3) is 0 Å². The fourth-order valence-electron chi connectivity index (χ4n) is 3.00. The van der Waals surface area contributed by atoms with Gasteiger partial charge in [-0.25, -0.2) is 0 Å². The summed E-state index contributed by atoms with van der Waals surface area (Å²) in [6, 6.07) is 7.53. The van der Waals surface area contributed by atoms with Crippen LogP contribution in [0.15, 0.2) is 30.5 Å². The third kappa shape index (κ3) is 1.59. The summed E-state index contributed by atoms with van der Waals surface area (Å²) in [5, 5.41) is 15.3. The molecule has 0 spiro atoms. The predicted molar refractivity (Wildman–Crippen MR) is 70.7 cm³/mol. The third-order valence-electron chi connectivity index (χ3n) is 3.84. The molecular formula is C14H17N3O2. The predicted octanol–water partition coefficient (Wildman–Crippen LogP) is 1.07. The van der Waals surface area contributed by atoms with Crippen molar-refractivity contribution in [3.8, 4) is 5.75 Å². The topological polar surface area (TPSA) is 73.3 Å². The van der Waals surface area contributed by atoms with E-state index >= 15 is 0 Å². The van der Waals surface area contributed by atoms with E-state index in [9.17, 15) is 5.11 Å². The summed E-state index contributed by atoms with van der Waals surface area (Å²) in [7, 11) is 3.37. The molecule has 2 atom stereocenters. The largest absolute Gasteiger partial charge is 0.493 e. The Labute approximate surface area is 111 Å². The average Bonchev–Trinajstić information content (AvgIpc) is 2.90. The maximum absolute atomic E-state index is 11.1. The molecule has 1 heterocycles. The lowest BCUT2D eigenvalue weighted by Crippen LogP contribution is -2.28. The Morgan fingerprint density at radius 1 is 1.47 bits per heavy atom. The number of hydrogen-bond acceptors (Lipinski definition) is 4. The number of ether oxygens (including phenoxy) is 1. The Morgan fingerprint density at radius 3 is 2.95 bits per heavy atom. The summed E-state index contributed by atoms with van der Waals surface area (Å²) in [5.74, 6) is 0.578. The first-order chi connectivity index (χ1) is 9.08. The van der Waals surface area contributed by atoms with E-state index in [0.717, 1.165) is 11.1 Å². The molecule has 100 valence electrons. The molecule has 19 heavy (non-hydrogen) atoms. The molecule has 3 rings (SSSR count). The molecule has 0 radical (unpaired) electrons. The van der Waals surface area contributed by atoms with Crippen molar-refractivity contribution in [3.05, 3.63) is 47.3 Å². The maximum atomic E-state index is 11.1. The highest BCUT2D eigenvalue weighted by Gasteiger charge is 2.46. The lowest BCUT2D eigenvalue weighted by atomic mass is 9.91. The minimum atomic E-state index is -1.15. The second-order valence-corrected chi connectivity index (χ2v) is 4.94. The number of rotatable bonds is 2. The molecule has 2 aromatic rings. The summed E-state index contributed by atoms with van der Waals surface area (Å²) in [6.45, 7) is 0. The molecule has 0 aliphatic heterocycles. The standard InChI is InChI=1S/C14H17N3O2/c1-17-13(12(19-2)8-16-17)14(18)7-11(15)9-5-3-4-6-10(9)14/h3-6,8,11,18H,7,15H2,1-2H3. The third-order valence-corrected chi connectivity index (χ3v) is 3.84. The van der Waals surface area contributed by atoms with E-state index in [1.807, 2.05) is 24.3 Å². The quantitative estimate of drug-likeness (QED) is 0.846. The van der Waals surface area contributed by atoms with E-state index in [1.165, 1.54) is 0 Å². The van der Waals surface area contributed by atoms with Crippen molar-refractivity contribution in [3.63, 3.8) is 0 Å². The van der Waals surface area contributed by atoms with Crippen LogP contribution in [0.1, 0.15) is 29.3 Å². The van der Waals surface area contributed by atoms with Gasteiger partial charge in [-0.2, -0.15) is 5.10 Å². The first kappa shape index (κ1) is 12.2. The number of aryl methyl sites for hydroxylation is 1. The van der Waals surface area contributed by atoms with Gasteiger partial charge < -0.3 is 15.6 Å². The summed E-state index contributed by atoms with van der Waals surface area (Å²) in [6.07, 6.45) is 2.04. The van der Waals surface area contributed by atoms with Crippen LogP contribution in [0.25, 0.3) is 0 Å². The van der Waals surface area contributed by atoms with E-state index in [1.54, 1.807) is 25.0 Å². The molecule has 0 amide bonds. The van der Waals surface area contributed by atoms with Crippen molar-refractivity contribution < 1.29 is 9.84 Å². The van der Waals surface area contributed by atoms with Crippen molar-refractivity contribution in [2.75, 3.05) is 7.11 Å². The van der Waals surface area contributed by atoms with Crippen LogP contribution in [0.2, 0.25) is 0 Å². The molecule has 0 saturated heterocycles. The molecule has 5 heteroatoms. The molecule has 5 nitrogen and oxygen atoms in total. The van der Waals surface area contributed by atoms with Gasteiger partial charge in [0.1, 0.15) is 11.3 Å². The van der Waals surface area contributed by atoms with Crippen LogP contribution in [0.4, 0.5) is 0 Å². The molecule has 1 aliphatic rings. The number of aromatic nitrogens is 2. The van der Waals surface area contributed by atoms with E-state index in [2.05, 4.69) is 5.10 Å². The molecule has 1 aromatic heterocycles. The molecule has 0 saturated carbocycles. The van der Waals surface area contributed by atoms with Gasteiger partial charge in [0.2, 0.25) is 0 Å². The van der Waals surface area contributed by atoms with Gasteiger partial charge >= 0.3 is 0 Å². The van der Waals surface area contributed by atoms with Crippen molar-refractivity contribution in [1.82, 2.24) is 9.78 Å². The van der Waals surface area contributed by atoms with Crippen LogP contribution in [0.5, 0.6) is 5.75 Å². The lowest BCUT2D eigenvalue weighted by molar-refractivity contribution is 0.0660. The lowest BCUT2D eigenvalue weighted by Gasteiger charge is -2.25. The minimum Gasteiger partial charge on any atom is -0.493 e. The van der Waals surface area contributed by atoms with Gasteiger partial charge in [-0.05, 0) is 11.1 Å². The SMILES string of the molecule is COc1cnn(C)c1C1(O)CC(N)c2ccccc21. The zero-order chi connectivity index (χ0) is 13.6. The zero-order valence-corrected chi connectivity index (χ0v) is 11.0. The summed E-state index contributed by atoms with van der Waals surface area (Å²) in [5.41, 5.74) is 7.46. The zero-order valence-electron chi connectivity index (χ0n) is 11.0. The van der Waals surface area contributed by atoms with Gasteiger partial charge in [-0.1, -0.05) is 24.3 Å². The van der Waals surface area contributed by atoms with Crippen molar-refractivity contribution in [2.45, 2.75) is 18.1 Å². The number of methoxy groups -OCH3 is 1. The minimum absolute atomic E-state index is 0.180. The number of nitrogens with two attached hydrogens (primary N) is 1. The Morgan fingerprint density at radius 2 is 2.21 bits per heavy atom. The van der Waals surface area contributed by atoms with Crippen LogP contribution in [-0.2, 0) is 12.6 Å². The molecule has 0 fully saturated rings. The van der Waals surface area contributed by atoms with Crippen molar-refractivity contribution >= 4 is 0 Å². The van der Waals surface area contributed by atoms with Crippen LogP contribution < -0.4 is 10.5 Å².